The van der Waals surface area contributed by atoms with Gasteiger partial charge in [-0.1, -0.05) is 121 Å². The van der Waals surface area contributed by atoms with Crippen LogP contribution in [0.5, 0.6) is 5.75 Å². The van der Waals surface area contributed by atoms with Crippen molar-refractivity contribution in [3.05, 3.63) is 144 Å². The number of para-hydroxylation sites is 1. The molecule has 0 radical (unpaired) electrons. The summed E-state index contributed by atoms with van der Waals surface area (Å²) >= 11 is 0. The van der Waals surface area contributed by atoms with Crippen molar-refractivity contribution in [3.8, 4) is 5.75 Å². The van der Waals surface area contributed by atoms with Crippen LogP contribution in [0.3, 0.4) is 0 Å². The van der Waals surface area contributed by atoms with Crippen LogP contribution in [0.15, 0.2) is 121 Å². The maximum atomic E-state index is 10.8. The number of phenolic OH excluding ortho intramolecular Hbond substituents is 1. The quantitative estimate of drug-likeness (QED) is 0.321. The lowest BCUT2D eigenvalue weighted by molar-refractivity contribution is 0.160. The molecule has 0 bridgehead atoms. The second-order valence-electron chi connectivity index (χ2n) is 8.02. The first-order chi connectivity index (χ1) is 15.7. The number of hydrogen-bond acceptors (Lipinski definition) is 2. The van der Waals surface area contributed by atoms with Crippen molar-refractivity contribution in [2.24, 2.45) is 0 Å². The van der Waals surface area contributed by atoms with Crippen LogP contribution in [-0.4, -0.2) is 10.0 Å². The Bertz CT molecular complexity index is 1120. The third kappa shape index (κ3) is 5.35. The number of benzene rings is 4. The zero-order chi connectivity index (χ0) is 22.2. The summed E-state index contributed by atoms with van der Waals surface area (Å²) in [6.07, 6.45) is 4.35. The maximum absolute atomic E-state index is 10.8. The van der Waals surface area contributed by atoms with Crippen LogP contribution in [0, 0.1) is 0 Å². The van der Waals surface area contributed by atoms with E-state index >= 15 is 0 Å². The van der Waals surface area contributed by atoms with Gasteiger partial charge in [-0.25, -0.2) is 0 Å². The SMILES string of the molecule is C[C@@H](c1ccccc1)N(Cc1ccccc1)[C@H](/C=C/c1ccccc1)c1ccccc1O. The number of hydrogen-bond donors (Lipinski definition) is 1. The zero-order valence-electron chi connectivity index (χ0n) is 18.4. The van der Waals surface area contributed by atoms with Gasteiger partial charge in [-0.2, -0.15) is 0 Å². The van der Waals surface area contributed by atoms with Gasteiger partial charge in [0.2, 0.25) is 0 Å². The Morgan fingerprint density at radius 1 is 0.719 bits per heavy atom. The van der Waals surface area contributed by atoms with Crippen LogP contribution in [0.2, 0.25) is 0 Å². The molecule has 4 aromatic rings. The van der Waals surface area contributed by atoms with Gasteiger partial charge in [-0.3, -0.25) is 4.90 Å². The molecule has 0 amide bonds. The Balaban J connectivity index is 1.79. The summed E-state index contributed by atoms with van der Waals surface area (Å²) in [7, 11) is 0. The number of aromatic hydroxyl groups is 1. The van der Waals surface area contributed by atoms with E-state index in [1.54, 1.807) is 6.07 Å². The van der Waals surface area contributed by atoms with Crippen LogP contribution in [-0.2, 0) is 6.54 Å². The molecule has 0 aliphatic rings. The summed E-state index contributed by atoms with van der Waals surface area (Å²) in [5.74, 6) is 0.313. The number of rotatable bonds is 8. The summed E-state index contributed by atoms with van der Waals surface area (Å²) in [6, 6.07) is 39.1. The molecule has 0 aliphatic carbocycles. The molecule has 2 atom stereocenters. The van der Waals surface area contributed by atoms with Crippen molar-refractivity contribution in [2.75, 3.05) is 0 Å². The number of nitrogens with zero attached hydrogens (tertiary/aromatic N) is 1. The van der Waals surface area contributed by atoms with E-state index in [1.807, 2.05) is 48.5 Å². The topological polar surface area (TPSA) is 23.5 Å². The molecule has 0 aromatic heterocycles. The lowest BCUT2D eigenvalue weighted by Crippen LogP contribution is -2.30. The molecule has 0 unspecified atom stereocenters. The minimum absolute atomic E-state index is 0.105. The molecule has 32 heavy (non-hydrogen) atoms. The monoisotopic (exact) mass is 419 g/mol. The smallest absolute Gasteiger partial charge is 0.120 e. The van der Waals surface area contributed by atoms with Gasteiger partial charge in [0.1, 0.15) is 5.75 Å². The molecule has 2 nitrogen and oxygen atoms in total. The van der Waals surface area contributed by atoms with Crippen LogP contribution in [0.4, 0.5) is 0 Å². The van der Waals surface area contributed by atoms with Gasteiger partial charge in [-0.05, 0) is 29.7 Å². The van der Waals surface area contributed by atoms with E-state index in [4.69, 9.17) is 0 Å². The highest BCUT2D eigenvalue weighted by Gasteiger charge is 2.26. The van der Waals surface area contributed by atoms with E-state index in [-0.39, 0.29) is 12.1 Å². The van der Waals surface area contributed by atoms with Gasteiger partial charge < -0.3 is 5.11 Å². The largest absolute Gasteiger partial charge is 0.508 e. The van der Waals surface area contributed by atoms with Crippen molar-refractivity contribution in [3.63, 3.8) is 0 Å². The predicted octanol–water partition coefficient (Wildman–Crippen LogP) is 7.41. The van der Waals surface area contributed by atoms with Crippen molar-refractivity contribution in [1.82, 2.24) is 4.90 Å². The Kier molecular flexibility index (Phi) is 7.16. The lowest BCUT2D eigenvalue weighted by Gasteiger charge is -2.36. The van der Waals surface area contributed by atoms with Gasteiger partial charge in [0.15, 0.2) is 0 Å². The maximum Gasteiger partial charge on any atom is 0.120 e. The highest BCUT2D eigenvalue weighted by Crippen LogP contribution is 2.37. The summed E-state index contributed by atoms with van der Waals surface area (Å²) in [4.78, 5) is 2.44. The minimum atomic E-state index is -0.105. The summed E-state index contributed by atoms with van der Waals surface area (Å²) < 4.78 is 0. The Morgan fingerprint density at radius 2 is 1.28 bits per heavy atom. The summed E-state index contributed by atoms with van der Waals surface area (Å²) in [5.41, 5.74) is 4.53. The Morgan fingerprint density at radius 3 is 1.94 bits per heavy atom. The molecule has 0 aliphatic heterocycles. The average Bonchev–Trinajstić information content (AvgIpc) is 2.86. The van der Waals surface area contributed by atoms with E-state index in [9.17, 15) is 5.11 Å². The first-order valence-corrected chi connectivity index (χ1v) is 11.1. The molecule has 160 valence electrons. The van der Waals surface area contributed by atoms with E-state index in [2.05, 4.69) is 84.6 Å². The normalized spacial score (nSPS) is 13.3. The fourth-order valence-corrected chi connectivity index (χ4v) is 4.09. The standard InChI is InChI=1S/C30H29NO/c1-24(27-17-9-4-10-18-27)31(23-26-15-7-3-8-16-26)29(28-19-11-12-20-30(28)32)22-21-25-13-5-2-6-14-25/h2-22,24,29,32H,23H2,1H3/b22-21+/t24-,29+/m0/s1. The Labute approximate surface area is 191 Å². The first-order valence-electron chi connectivity index (χ1n) is 11.1. The van der Waals surface area contributed by atoms with E-state index in [0.717, 1.165) is 17.7 Å². The van der Waals surface area contributed by atoms with Gasteiger partial charge in [0, 0.05) is 18.2 Å². The average molecular weight is 420 g/mol. The first kappa shape index (κ1) is 21.6. The second kappa shape index (κ2) is 10.6. The molecule has 0 saturated carbocycles. The van der Waals surface area contributed by atoms with Crippen molar-refractivity contribution in [1.29, 1.82) is 0 Å². The molecule has 0 fully saturated rings. The fraction of sp³-hybridized carbons (Fsp3) is 0.133. The van der Waals surface area contributed by atoms with Crippen LogP contribution in [0.25, 0.3) is 6.08 Å². The van der Waals surface area contributed by atoms with Crippen molar-refractivity contribution >= 4 is 6.08 Å². The molecule has 0 heterocycles. The predicted molar refractivity (Wildman–Crippen MR) is 133 cm³/mol. The lowest BCUT2D eigenvalue weighted by atomic mass is 9.97. The van der Waals surface area contributed by atoms with Gasteiger partial charge >= 0.3 is 0 Å². The third-order valence-electron chi connectivity index (χ3n) is 5.87. The zero-order valence-corrected chi connectivity index (χ0v) is 18.4. The highest BCUT2D eigenvalue weighted by atomic mass is 16.3. The molecular weight excluding hydrogens is 390 g/mol. The highest BCUT2D eigenvalue weighted by molar-refractivity contribution is 5.51. The molecule has 0 saturated heterocycles. The van der Waals surface area contributed by atoms with E-state index in [1.165, 1.54) is 11.1 Å². The molecule has 0 spiro atoms. The minimum Gasteiger partial charge on any atom is -0.508 e. The molecule has 4 aromatic carbocycles. The van der Waals surface area contributed by atoms with Crippen molar-refractivity contribution in [2.45, 2.75) is 25.6 Å². The molecule has 1 N–H and O–H groups in total. The van der Waals surface area contributed by atoms with E-state index < -0.39 is 0 Å². The van der Waals surface area contributed by atoms with Crippen LogP contribution in [0.1, 0.15) is 41.3 Å². The van der Waals surface area contributed by atoms with Gasteiger partial charge in [0.05, 0.1) is 6.04 Å². The summed E-state index contributed by atoms with van der Waals surface area (Å²) in [6.45, 7) is 3.00. The molecule has 4 rings (SSSR count). The van der Waals surface area contributed by atoms with Crippen molar-refractivity contribution < 1.29 is 5.11 Å². The van der Waals surface area contributed by atoms with E-state index in [0.29, 0.717) is 5.75 Å². The van der Waals surface area contributed by atoms with Crippen LogP contribution < -0.4 is 0 Å². The Hall–Kier alpha value is -3.62. The van der Waals surface area contributed by atoms with Gasteiger partial charge in [-0.15, -0.1) is 0 Å². The molecule has 2 heteroatoms. The fourth-order valence-electron chi connectivity index (χ4n) is 4.09. The molecular formula is C30H29NO. The summed E-state index contributed by atoms with van der Waals surface area (Å²) in [5, 5.41) is 10.8. The van der Waals surface area contributed by atoms with Gasteiger partial charge in [0.25, 0.3) is 0 Å². The number of phenols is 1. The third-order valence-corrected chi connectivity index (χ3v) is 5.87. The van der Waals surface area contributed by atoms with Crippen LogP contribution >= 0.6 is 0 Å². The second-order valence-corrected chi connectivity index (χ2v) is 8.02.